The van der Waals surface area contributed by atoms with Gasteiger partial charge in [-0.05, 0) is 23.8 Å². The number of hydrogen-bond acceptors (Lipinski definition) is 4. The van der Waals surface area contributed by atoms with Crippen molar-refractivity contribution in [3.05, 3.63) is 59.7 Å². The van der Waals surface area contributed by atoms with E-state index in [0.717, 1.165) is 10.5 Å². The molecule has 0 aliphatic rings. The largest absolute Gasteiger partial charge is 0.478 e. The molecule has 0 amide bonds. The second-order valence-corrected chi connectivity index (χ2v) is 6.49. The minimum absolute atomic E-state index is 0.110. The van der Waals surface area contributed by atoms with Crippen LogP contribution in [0.3, 0.4) is 0 Å². The van der Waals surface area contributed by atoms with E-state index in [0.29, 0.717) is 16.9 Å². The molecule has 2 aromatic rings. The van der Waals surface area contributed by atoms with Gasteiger partial charge in [-0.2, -0.15) is 0 Å². The van der Waals surface area contributed by atoms with Crippen LogP contribution in [0.5, 0.6) is 0 Å². The van der Waals surface area contributed by atoms with Gasteiger partial charge in [0.1, 0.15) is 0 Å². The zero-order valence-electron chi connectivity index (χ0n) is 11.1. The number of carboxylic acid groups (broad SMARTS) is 1. The van der Waals surface area contributed by atoms with Crippen molar-refractivity contribution in [2.24, 2.45) is 5.73 Å². The highest BCUT2D eigenvalue weighted by Gasteiger charge is 2.11. The molecule has 0 saturated carbocycles. The summed E-state index contributed by atoms with van der Waals surface area (Å²) >= 11 is 0. The summed E-state index contributed by atoms with van der Waals surface area (Å²) in [6.45, 7) is 0. The summed E-state index contributed by atoms with van der Waals surface area (Å²) in [6, 6.07) is 14.6. The van der Waals surface area contributed by atoms with Crippen LogP contribution < -0.4 is 5.73 Å². The Hall–Kier alpha value is -1.92. The topological polar surface area (TPSA) is 87.2 Å². The normalized spacial score (nSPS) is 10.3. The molecule has 0 aliphatic heterocycles. The third kappa shape index (κ3) is 4.27. The van der Waals surface area contributed by atoms with E-state index in [4.69, 9.17) is 16.2 Å². The van der Waals surface area contributed by atoms with Crippen molar-refractivity contribution in [1.82, 2.24) is 0 Å². The molecule has 0 aliphatic carbocycles. The second-order valence-electron chi connectivity index (χ2n) is 4.28. The lowest BCUT2D eigenvalue weighted by Crippen LogP contribution is -2.13. The van der Waals surface area contributed by atoms with Crippen LogP contribution in [0, 0.1) is 5.41 Å². The zero-order valence-corrected chi connectivity index (χ0v) is 12.7. The van der Waals surface area contributed by atoms with Crippen LogP contribution in [0.1, 0.15) is 15.9 Å². The Bertz CT molecular complexity index is 674. The molecule has 6 heteroatoms. The predicted molar refractivity (Wildman–Crippen MR) is 87.2 cm³/mol. The van der Waals surface area contributed by atoms with E-state index in [9.17, 15) is 4.79 Å². The molecule has 0 saturated heterocycles. The second kappa shape index (κ2) is 7.19. The molecule has 0 atom stereocenters. The van der Waals surface area contributed by atoms with Crippen molar-refractivity contribution in [3.63, 3.8) is 0 Å². The van der Waals surface area contributed by atoms with E-state index in [-0.39, 0.29) is 5.84 Å². The number of hydrogen-bond donors (Lipinski definition) is 3. The van der Waals surface area contributed by atoms with Crippen molar-refractivity contribution in [2.45, 2.75) is 16.2 Å². The highest BCUT2D eigenvalue weighted by molar-refractivity contribution is 8.76. The molecule has 0 spiro atoms. The molecule has 0 aromatic heterocycles. The molecule has 0 unspecified atom stereocenters. The van der Waals surface area contributed by atoms with E-state index in [1.807, 2.05) is 30.3 Å². The summed E-state index contributed by atoms with van der Waals surface area (Å²) in [5.41, 5.74) is 6.71. The molecule has 0 heterocycles. The summed E-state index contributed by atoms with van der Waals surface area (Å²) in [4.78, 5) is 12.9. The molecule has 0 radical (unpaired) electrons. The molecule has 0 fully saturated rings. The summed E-state index contributed by atoms with van der Waals surface area (Å²) in [5, 5.41) is 16.6. The number of carbonyl (C=O) groups is 1. The number of amidine groups is 1. The lowest BCUT2D eigenvalue weighted by Gasteiger charge is -2.09. The van der Waals surface area contributed by atoms with Gasteiger partial charge in [0, 0.05) is 16.2 Å². The standard InChI is InChI=1S/C15H14N2O2S2/c16-14(17)9-10-5-1-3-7-12(10)20-21-13-8-4-2-6-11(13)15(18)19/h1-8H,9H2,(H3,16,17)(H,18,19). The fourth-order valence-electron chi connectivity index (χ4n) is 1.74. The zero-order chi connectivity index (χ0) is 15.2. The maximum absolute atomic E-state index is 11.2. The molecule has 2 rings (SSSR count). The van der Waals surface area contributed by atoms with Gasteiger partial charge in [-0.25, -0.2) is 4.79 Å². The molecule has 2 aromatic carbocycles. The van der Waals surface area contributed by atoms with Crippen LogP contribution >= 0.6 is 21.6 Å². The summed E-state index contributed by atoms with van der Waals surface area (Å²) in [7, 11) is 2.87. The Morgan fingerprint density at radius 2 is 1.62 bits per heavy atom. The van der Waals surface area contributed by atoms with Gasteiger partial charge in [0.25, 0.3) is 0 Å². The van der Waals surface area contributed by atoms with Gasteiger partial charge in [0.05, 0.1) is 11.4 Å². The molecule has 4 N–H and O–H groups in total. The van der Waals surface area contributed by atoms with Crippen molar-refractivity contribution in [2.75, 3.05) is 0 Å². The number of nitrogens with one attached hydrogen (secondary N) is 1. The summed E-state index contributed by atoms with van der Waals surface area (Å²) in [6.07, 6.45) is 0.393. The van der Waals surface area contributed by atoms with Gasteiger partial charge in [-0.3, -0.25) is 5.41 Å². The Kier molecular flexibility index (Phi) is 5.30. The molecular formula is C15H14N2O2S2. The van der Waals surface area contributed by atoms with Gasteiger partial charge in [0.15, 0.2) is 0 Å². The Balaban J connectivity index is 2.17. The van der Waals surface area contributed by atoms with Crippen LogP contribution in [0.2, 0.25) is 0 Å². The predicted octanol–water partition coefficient (Wildman–Crippen LogP) is 3.66. The lowest BCUT2D eigenvalue weighted by molar-refractivity contribution is 0.0693. The third-order valence-electron chi connectivity index (χ3n) is 2.69. The Morgan fingerprint density at radius 1 is 1.05 bits per heavy atom. The maximum Gasteiger partial charge on any atom is 0.336 e. The highest BCUT2D eigenvalue weighted by Crippen LogP contribution is 2.40. The Morgan fingerprint density at radius 3 is 2.29 bits per heavy atom. The SMILES string of the molecule is N=C(N)Cc1ccccc1SSc1ccccc1C(=O)O. The molecule has 0 bridgehead atoms. The van der Waals surface area contributed by atoms with Gasteiger partial charge in [-0.1, -0.05) is 51.9 Å². The van der Waals surface area contributed by atoms with Crippen molar-refractivity contribution in [3.8, 4) is 0 Å². The lowest BCUT2D eigenvalue weighted by atomic mass is 10.1. The van der Waals surface area contributed by atoms with E-state index in [1.54, 1.807) is 18.2 Å². The number of carboxylic acids is 1. The van der Waals surface area contributed by atoms with Crippen LogP contribution in [-0.2, 0) is 6.42 Å². The van der Waals surface area contributed by atoms with Gasteiger partial charge in [-0.15, -0.1) is 0 Å². The van der Waals surface area contributed by atoms with E-state index >= 15 is 0 Å². The van der Waals surface area contributed by atoms with Crippen molar-refractivity contribution in [1.29, 1.82) is 5.41 Å². The van der Waals surface area contributed by atoms with Crippen LogP contribution in [-0.4, -0.2) is 16.9 Å². The number of nitrogens with two attached hydrogens (primary N) is 1. The third-order valence-corrected chi connectivity index (χ3v) is 5.22. The fraction of sp³-hybridized carbons (Fsp3) is 0.0667. The fourth-order valence-corrected chi connectivity index (χ4v) is 4.14. The van der Waals surface area contributed by atoms with Crippen molar-refractivity contribution >= 4 is 33.4 Å². The molecule has 4 nitrogen and oxygen atoms in total. The number of aromatic carboxylic acids is 1. The minimum atomic E-state index is -0.935. The van der Waals surface area contributed by atoms with Gasteiger partial charge < -0.3 is 10.8 Å². The molecule has 21 heavy (non-hydrogen) atoms. The Labute approximate surface area is 130 Å². The monoisotopic (exact) mass is 318 g/mol. The minimum Gasteiger partial charge on any atom is -0.478 e. The van der Waals surface area contributed by atoms with E-state index < -0.39 is 5.97 Å². The van der Waals surface area contributed by atoms with E-state index in [1.165, 1.54) is 21.6 Å². The number of benzene rings is 2. The van der Waals surface area contributed by atoms with Gasteiger partial charge >= 0.3 is 5.97 Å². The first-order chi connectivity index (χ1) is 10.1. The quantitative estimate of drug-likeness (QED) is 0.430. The maximum atomic E-state index is 11.2. The first-order valence-corrected chi connectivity index (χ1v) is 8.30. The summed E-state index contributed by atoms with van der Waals surface area (Å²) in [5.74, 6) is -0.824. The summed E-state index contributed by atoms with van der Waals surface area (Å²) < 4.78 is 0. The first-order valence-electron chi connectivity index (χ1n) is 6.15. The van der Waals surface area contributed by atoms with Crippen molar-refractivity contribution < 1.29 is 9.90 Å². The molecule has 108 valence electrons. The average molecular weight is 318 g/mol. The van der Waals surface area contributed by atoms with Crippen LogP contribution in [0.25, 0.3) is 0 Å². The highest BCUT2D eigenvalue weighted by atomic mass is 33.1. The average Bonchev–Trinajstić information content (AvgIpc) is 2.46. The smallest absolute Gasteiger partial charge is 0.336 e. The van der Waals surface area contributed by atoms with Crippen LogP contribution in [0.15, 0.2) is 58.3 Å². The molecular weight excluding hydrogens is 304 g/mol. The van der Waals surface area contributed by atoms with Crippen LogP contribution in [0.4, 0.5) is 0 Å². The van der Waals surface area contributed by atoms with E-state index in [2.05, 4.69) is 0 Å². The number of rotatable bonds is 6. The first kappa shape index (κ1) is 15.5. The van der Waals surface area contributed by atoms with Gasteiger partial charge in [0.2, 0.25) is 0 Å².